The molecule has 0 spiro atoms. The van der Waals surface area contributed by atoms with Gasteiger partial charge in [0.25, 0.3) is 0 Å². The summed E-state index contributed by atoms with van der Waals surface area (Å²) in [5.41, 5.74) is 3.07. The molecule has 0 aliphatic carbocycles. The van der Waals surface area contributed by atoms with Crippen molar-refractivity contribution in [1.82, 2.24) is 19.9 Å². The second-order valence-electron chi connectivity index (χ2n) is 7.09. The minimum atomic E-state index is -0.357. The van der Waals surface area contributed by atoms with Gasteiger partial charge in [-0.05, 0) is 24.3 Å². The van der Waals surface area contributed by atoms with E-state index in [4.69, 9.17) is 19.2 Å². The Morgan fingerprint density at radius 3 is 2.36 bits per heavy atom. The molecule has 0 fully saturated rings. The third-order valence-corrected chi connectivity index (χ3v) is 5.06. The molecule has 4 aromatic rings. The summed E-state index contributed by atoms with van der Waals surface area (Å²) in [6, 6.07) is 16.7. The van der Waals surface area contributed by atoms with Crippen molar-refractivity contribution >= 4 is 22.9 Å². The molecule has 2 aromatic carbocycles. The Bertz CT molecular complexity index is 1230. The minimum Gasteiger partial charge on any atom is -0.493 e. The lowest BCUT2D eigenvalue weighted by molar-refractivity contribution is 0.252. The quantitative estimate of drug-likeness (QED) is 0.426. The number of para-hydroxylation sites is 1. The summed E-state index contributed by atoms with van der Waals surface area (Å²) < 4.78 is 18.0. The molecule has 0 aliphatic rings. The molecule has 0 unspecified atom stereocenters. The van der Waals surface area contributed by atoms with E-state index in [1.165, 1.54) is 21.3 Å². The number of nitrogens with zero attached hydrogens (tertiary/aromatic N) is 3. The molecule has 170 valence electrons. The van der Waals surface area contributed by atoms with Gasteiger partial charge in [0.1, 0.15) is 11.3 Å². The average molecular weight is 447 g/mol. The topological polar surface area (TPSA) is 99.5 Å². The summed E-state index contributed by atoms with van der Waals surface area (Å²) in [6.07, 6.45) is 2.27. The molecular formula is C24H25N5O4. The van der Waals surface area contributed by atoms with Crippen LogP contribution in [0.1, 0.15) is 5.82 Å². The van der Waals surface area contributed by atoms with Crippen molar-refractivity contribution in [3.63, 3.8) is 0 Å². The third-order valence-electron chi connectivity index (χ3n) is 5.06. The van der Waals surface area contributed by atoms with Gasteiger partial charge in [-0.1, -0.05) is 18.2 Å². The van der Waals surface area contributed by atoms with Crippen LogP contribution in [-0.2, 0) is 6.42 Å². The molecule has 0 saturated heterocycles. The Hall–Kier alpha value is -4.27. The molecule has 2 N–H and O–H groups in total. The van der Waals surface area contributed by atoms with Gasteiger partial charge < -0.3 is 24.8 Å². The molecule has 0 saturated carbocycles. The van der Waals surface area contributed by atoms with Crippen LogP contribution in [-0.4, -0.2) is 48.4 Å². The van der Waals surface area contributed by atoms with Crippen LogP contribution in [0.15, 0.2) is 60.8 Å². The highest BCUT2D eigenvalue weighted by molar-refractivity contribution is 5.90. The number of anilines is 1. The van der Waals surface area contributed by atoms with Crippen LogP contribution in [0.25, 0.3) is 16.9 Å². The fourth-order valence-corrected chi connectivity index (χ4v) is 3.59. The van der Waals surface area contributed by atoms with E-state index >= 15 is 0 Å². The number of hydrogen-bond acceptors (Lipinski definition) is 6. The van der Waals surface area contributed by atoms with Gasteiger partial charge >= 0.3 is 6.03 Å². The van der Waals surface area contributed by atoms with E-state index in [-0.39, 0.29) is 6.03 Å². The number of carbonyl (C=O) groups excluding carboxylic acids is 1. The van der Waals surface area contributed by atoms with Crippen molar-refractivity contribution < 1.29 is 19.0 Å². The van der Waals surface area contributed by atoms with Crippen molar-refractivity contribution in [1.29, 1.82) is 0 Å². The number of pyridine rings is 1. The minimum absolute atomic E-state index is 0.357. The van der Waals surface area contributed by atoms with Gasteiger partial charge in [-0.2, -0.15) is 0 Å². The normalized spacial score (nSPS) is 10.6. The Morgan fingerprint density at radius 2 is 1.70 bits per heavy atom. The van der Waals surface area contributed by atoms with Crippen LogP contribution < -0.4 is 24.8 Å². The van der Waals surface area contributed by atoms with E-state index < -0.39 is 0 Å². The van der Waals surface area contributed by atoms with Crippen LogP contribution in [0, 0.1) is 0 Å². The number of fused-ring (bicyclic) bond motifs is 1. The zero-order valence-corrected chi connectivity index (χ0v) is 18.7. The molecule has 0 bridgehead atoms. The largest absolute Gasteiger partial charge is 0.493 e. The van der Waals surface area contributed by atoms with Gasteiger partial charge in [-0.3, -0.25) is 4.57 Å². The number of nitrogens with one attached hydrogen (secondary N) is 2. The highest BCUT2D eigenvalue weighted by Gasteiger charge is 2.16. The van der Waals surface area contributed by atoms with Gasteiger partial charge in [0.2, 0.25) is 5.75 Å². The molecular weight excluding hydrogens is 422 g/mol. The van der Waals surface area contributed by atoms with Gasteiger partial charge in [-0.15, -0.1) is 0 Å². The van der Waals surface area contributed by atoms with Gasteiger partial charge in [0, 0.05) is 37.0 Å². The first-order chi connectivity index (χ1) is 16.1. The molecule has 0 radical (unpaired) electrons. The molecule has 0 atom stereocenters. The van der Waals surface area contributed by atoms with Crippen molar-refractivity contribution in [3.05, 3.63) is 66.6 Å². The lowest BCUT2D eigenvalue weighted by Crippen LogP contribution is -2.31. The number of methoxy groups -OCH3 is 3. The fourth-order valence-electron chi connectivity index (χ4n) is 3.59. The zero-order valence-electron chi connectivity index (χ0n) is 18.7. The van der Waals surface area contributed by atoms with Crippen LogP contribution in [0.3, 0.4) is 0 Å². The van der Waals surface area contributed by atoms with E-state index in [9.17, 15) is 4.79 Å². The SMILES string of the molecule is COc1cc(NC(=O)NCCc2nc3cccnc3n2-c2ccccc2)cc(OC)c1OC. The number of rotatable bonds is 8. The predicted molar refractivity (Wildman–Crippen MR) is 126 cm³/mol. The highest BCUT2D eigenvalue weighted by Crippen LogP contribution is 2.39. The van der Waals surface area contributed by atoms with Crippen LogP contribution in [0.2, 0.25) is 0 Å². The summed E-state index contributed by atoms with van der Waals surface area (Å²) >= 11 is 0. The lowest BCUT2D eigenvalue weighted by atomic mass is 10.2. The molecule has 2 amide bonds. The number of benzene rings is 2. The highest BCUT2D eigenvalue weighted by atomic mass is 16.5. The fraction of sp³-hybridized carbons (Fsp3) is 0.208. The smallest absolute Gasteiger partial charge is 0.319 e. The number of aromatic nitrogens is 3. The Kier molecular flexibility index (Phi) is 6.58. The number of amides is 2. The van der Waals surface area contributed by atoms with Crippen molar-refractivity contribution in [2.24, 2.45) is 0 Å². The maximum atomic E-state index is 12.5. The monoisotopic (exact) mass is 447 g/mol. The molecule has 33 heavy (non-hydrogen) atoms. The summed E-state index contributed by atoms with van der Waals surface area (Å²) in [5.74, 6) is 2.18. The second kappa shape index (κ2) is 9.90. The summed E-state index contributed by atoms with van der Waals surface area (Å²) in [5, 5.41) is 5.67. The molecule has 9 heteroatoms. The van der Waals surface area contributed by atoms with E-state index in [0.29, 0.717) is 35.9 Å². The summed E-state index contributed by atoms with van der Waals surface area (Å²) in [4.78, 5) is 21.7. The number of imidazole rings is 1. The summed E-state index contributed by atoms with van der Waals surface area (Å²) in [7, 11) is 4.57. The summed E-state index contributed by atoms with van der Waals surface area (Å²) in [6.45, 7) is 0.381. The first-order valence-electron chi connectivity index (χ1n) is 10.4. The maximum absolute atomic E-state index is 12.5. The van der Waals surface area contributed by atoms with E-state index in [1.807, 2.05) is 47.0 Å². The molecule has 0 aliphatic heterocycles. The third kappa shape index (κ3) is 4.67. The predicted octanol–water partition coefficient (Wildman–Crippen LogP) is 3.81. The van der Waals surface area contributed by atoms with Gasteiger partial charge in [0.05, 0.1) is 27.0 Å². The number of ether oxygens (including phenoxy) is 3. The van der Waals surface area contributed by atoms with Crippen molar-refractivity contribution in [2.45, 2.75) is 6.42 Å². The van der Waals surface area contributed by atoms with Crippen LogP contribution in [0.5, 0.6) is 17.2 Å². The number of urea groups is 1. The first kappa shape index (κ1) is 21.9. The lowest BCUT2D eigenvalue weighted by Gasteiger charge is -2.15. The standard InChI is InChI=1S/C24H25N5O4/c1-31-19-14-16(15-20(32-2)22(19)33-3)27-24(30)26-13-11-21-28-18-10-7-12-25-23(18)29(21)17-8-5-4-6-9-17/h4-10,12,14-15H,11,13H2,1-3H3,(H2,26,27,30). The van der Waals surface area contributed by atoms with Crippen LogP contribution >= 0.6 is 0 Å². The molecule has 4 rings (SSSR count). The number of carbonyl (C=O) groups is 1. The Balaban J connectivity index is 1.47. The van der Waals surface area contributed by atoms with Crippen molar-refractivity contribution in [2.75, 3.05) is 33.2 Å². The van der Waals surface area contributed by atoms with E-state index in [2.05, 4.69) is 15.6 Å². The van der Waals surface area contributed by atoms with Gasteiger partial charge in [0.15, 0.2) is 17.1 Å². The van der Waals surface area contributed by atoms with Crippen molar-refractivity contribution in [3.8, 4) is 22.9 Å². The van der Waals surface area contributed by atoms with Crippen LogP contribution in [0.4, 0.5) is 10.5 Å². The second-order valence-corrected chi connectivity index (χ2v) is 7.09. The van der Waals surface area contributed by atoms with E-state index in [0.717, 1.165) is 22.7 Å². The van der Waals surface area contributed by atoms with Gasteiger partial charge in [-0.25, -0.2) is 14.8 Å². The van der Waals surface area contributed by atoms with E-state index in [1.54, 1.807) is 18.3 Å². The molecule has 2 heterocycles. The Morgan fingerprint density at radius 1 is 0.970 bits per heavy atom. The maximum Gasteiger partial charge on any atom is 0.319 e. The zero-order chi connectivity index (χ0) is 23.2. The number of hydrogen-bond donors (Lipinski definition) is 2. The average Bonchev–Trinajstić information content (AvgIpc) is 3.22. The Labute approximate surface area is 191 Å². The molecule has 2 aromatic heterocycles. The first-order valence-corrected chi connectivity index (χ1v) is 10.4. The molecule has 9 nitrogen and oxygen atoms in total.